The Morgan fingerprint density at radius 1 is 1.17 bits per heavy atom. The molecule has 0 aliphatic rings. The van der Waals surface area contributed by atoms with E-state index in [0.717, 1.165) is 15.8 Å². The number of benzene rings is 2. The van der Waals surface area contributed by atoms with E-state index in [1.54, 1.807) is 7.11 Å². The molecule has 8 heteroatoms. The fourth-order valence-electron chi connectivity index (χ4n) is 2.64. The minimum Gasteiger partial charge on any atom is -0.497 e. The smallest absolute Gasteiger partial charge is 0.258 e. The SMILES string of the molecule is COc1ccc(-c2noc(CNC(=O)COc3ccc(C(C)(C)C)cc3Br)n2)cc1. The van der Waals surface area contributed by atoms with E-state index in [4.69, 9.17) is 14.0 Å². The molecule has 0 spiro atoms. The molecular formula is C22H24BrN3O4. The Morgan fingerprint density at radius 2 is 1.90 bits per heavy atom. The van der Waals surface area contributed by atoms with Gasteiger partial charge in [0.1, 0.15) is 11.5 Å². The Labute approximate surface area is 183 Å². The highest BCUT2D eigenvalue weighted by molar-refractivity contribution is 9.10. The molecule has 3 rings (SSSR count). The van der Waals surface area contributed by atoms with Gasteiger partial charge in [-0.15, -0.1) is 0 Å². The molecule has 0 bridgehead atoms. The summed E-state index contributed by atoms with van der Waals surface area (Å²) in [4.78, 5) is 16.4. The van der Waals surface area contributed by atoms with Gasteiger partial charge in [-0.2, -0.15) is 4.98 Å². The third-order valence-electron chi connectivity index (χ3n) is 4.41. The molecule has 1 aromatic heterocycles. The predicted molar refractivity (Wildman–Crippen MR) is 116 cm³/mol. The number of methoxy groups -OCH3 is 1. The first-order chi connectivity index (χ1) is 14.3. The van der Waals surface area contributed by atoms with Crippen molar-refractivity contribution >= 4 is 21.8 Å². The molecule has 0 unspecified atom stereocenters. The normalized spacial score (nSPS) is 11.2. The van der Waals surface area contributed by atoms with E-state index in [-0.39, 0.29) is 24.5 Å². The van der Waals surface area contributed by atoms with Crippen molar-refractivity contribution in [3.63, 3.8) is 0 Å². The second-order valence-corrected chi connectivity index (χ2v) is 8.56. The number of nitrogens with zero attached hydrogens (tertiary/aromatic N) is 2. The summed E-state index contributed by atoms with van der Waals surface area (Å²) < 4.78 is 16.8. The summed E-state index contributed by atoms with van der Waals surface area (Å²) in [6.45, 7) is 6.42. The van der Waals surface area contributed by atoms with Crippen LogP contribution >= 0.6 is 15.9 Å². The summed E-state index contributed by atoms with van der Waals surface area (Å²) in [5.41, 5.74) is 2.01. The molecule has 2 aromatic carbocycles. The van der Waals surface area contributed by atoms with Crippen LogP contribution in [0.4, 0.5) is 0 Å². The Kier molecular flexibility index (Phi) is 6.77. The average Bonchev–Trinajstić information content (AvgIpc) is 3.19. The molecule has 0 saturated heterocycles. The number of carbonyl (C=O) groups excluding carboxylic acids is 1. The molecule has 1 amide bonds. The Hall–Kier alpha value is -2.87. The van der Waals surface area contributed by atoms with Crippen LogP contribution in [0.5, 0.6) is 11.5 Å². The van der Waals surface area contributed by atoms with Crippen molar-refractivity contribution in [3.8, 4) is 22.9 Å². The maximum absolute atomic E-state index is 12.1. The number of hydrogen-bond donors (Lipinski definition) is 1. The molecule has 0 radical (unpaired) electrons. The quantitative estimate of drug-likeness (QED) is 0.543. The van der Waals surface area contributed by atoms with Gasteiger partial charge in [-0.3, -0.25) is 4.79 Å². The van der Waals surface area contributed by atoms with Crippen LogP contribution in [0, 0.1) is 0 Å². The highest BCUT2D eigenvalue weighted by atomic mass is 79.9. The van der Waals surface area contributed by atoms with Gasteiger partial charge in [0.25, 0.3) is 5.91 Å². The van der Waals surface area contributed by atoms with Gasteiger partial charge in [0.2, 0.25) is 11.7 Å². The molecule has 158 valence electrons. The van der Waals surface area contributed by atoms with E-state index < -0.39 is 0 Å². The van der Waals surface area contributed by atoms with Gasteiger partial charge < -0.3 is 19.3 Å². The van der Waals surface area contributed by atoms with Crippen molar-refractivity contribution in [1.82, 2.24) is 15.5 Å². The zero-order valence-electron chi connectivity index (χ0n) is 17.4. The predicted octanol–water partition coefficient (Wildman–Crippen LogP) is 4.50. The number of amides is 1. The lowest BCUT2D eigenvalue weighted by Gasteiger charge is -2.20. The topological polar surface area (TPSA) is 86.5 Å². The van der Waals surface area contributed by atoms with Crippen molar-refractivity contribution in [2.45, 2.75) is 32.7 Å². The first kappa shape index (κ1) is 21.8. The number of nitrogens with one attached hydrogen (secondary N) is 1. The number of carbonyl (C=O) groups is 1. The highest BCUT2D eigenvalue weighted by Crippen LogP contribution is 2.31. The fourth-order valence-corrected chi connectivity index (χ4v) is 3.13. The highest BCUT2D eigenvalue weighted by Gasteiger charge is 2.16. The van der Waals surface area contributed by atoms with Gasteiger partial charge in [0.15, 0.2) is 6.61 Å². The standard InChI is InChI=1S/C22H24BrN3O4/c1-22(2,3)15-7-10-18(17(23)11-15)29-13-19(27)24-12-20-25-21(26-30-20)14-5-8-16(28-4)9-6-14/h5-11H,12-13H2,1-4H3,(H,24,27). The molecule has 1 N–H and O–H groups in total. The first-order valence-corrected chi connectivity index (χ1v) is 10.2. The summed E-state index contributed by atoms with van der Waals surface area (Å²) in [6, 6.07) is 13.2. The molecule has 0 fully saturated rings. The fraction of sp³-hybridized carbons (Fsp3) is 0.318. The molecule has 30 heavy (non-hydrogen) atoms. The molecular weight excluding hydrogens is 450 g/mol. The average molecular weight is 474 g/mol. The molecule has 0 saturated carbocycles. The maximum Gasteiger partial charge on any atom is 0.258 e. The zero-order valence-corrected chi connectivity index (χ0v) is 18.9. The largest absolute Gasteiger partial charge is 0.497 e. The van der Waals surface area contributed by atoms with E-state index in [1.165, 1.54) is 5.56 Å². The molecule has 0 aliphatic carbocycles. The van der Waals surface area contributed by atoms with Gasteiger partial charge >= 0.3 is 0 Å². The third-order valence-corrected chi connectivity index (χ3v) is 5.03. The lowest BCUT2D eigenvalue weighted by atomic mass is 9.87. The summed E-state index contributed by atoms with van der Waals surface area (Å²) >= 11 is 3.50. The second kappa shape index (κ2) is 9.30. The Balaban J connectivity index is 1.51. The van der Waals surface area contributed by atoms with Gasteiger partial charge in [0.05, 0.1) is 18.1 Å². The van der Waals surface area contributed by atoms with Crippen molar-refractivity contribution < 1.29 is 18.8 Å². The summed E-state index contributed by atoms with van der Waals surface area (Å²) in [6.07, 6.45) is 0. The number of hydrogen-bond acceptors (Lipinski definition) is 6. The van der Waals surface area contributed by atoms with Crippen LogP contribution in [-0.4, -0.2) is 29.8 Å². The molecule has 1 heterocycles. The number of aromatic nitrogens is 2. The van der Waals surface area contributed by atoms with Gasteiger partial charge in [-0.05, 0) is 63.3 Å². The van der Waals surface area contributed by atoms with E-state index in [2.05, 4.69) is 52.2 Å². The van der Waals surface area contributed by atoms with E-state index in [9.17, 15) is 4.79 Å². The second-order valence-electron chi connectivity index (χ2n) is 7.70. The van der Waals surface area contributed by atoms with Crippen LogP contribution in [0.1, 0.15) is 32.2 Å². The van der Waals surface area contributed by atoms with E-state index >= 15 is 0 Å². The lowest BCUT2D eigenvalue weighted by Crippen LogP contribution is -2.28. The van der Waals surface area contributed by atoms with Crippen LogP contribution in [0.25, 0.3) is 11.4 Å². The van der Waals surface area contributed by atoms with E-state index in [0.29, 0.717) is 17.5 Å². The van der Waals surface area contributed by atoms with Crippen LogP contribution in [0.2, 0.25) is 0 Å². The third kappa shape index (κ3) is 5.60. The minimum absolute atomic E-state index is 0.0349. The summed E-state index contributed by atoms with van der Waals surface area (Å²) in [5.74, 6) is 1.82. The molecule has 0 aliphatic heterocycles. The number of halogens is 1. The van der Waals surface area contributed by atoms with Crippen molar-refractivity contribution in [2.24, 2.45) is 0 Å². The van der Waals surface area contributed by atoms with Crippen LogP contribution in [0.15, 0.2) is 51.5 Å². The van der Waals surface area contributed by atoms with Crippen LogP contribution in [0.3, 0.4) is 0 Å². The maximum atomic E-state index is 12.1. The van der Waals surface area contributed by atoms with Crippen LogP contribution in [-0.2, 0) is 16.8 Å². The van der Waals surface area contributed by atoms with Crippen LogP contribution < -0.4 is 14.8 Å². The Morgan fingerprint density at radius 3 is 2.53 bits per heavy atom. The minimum atomic E-state index is -0.286. The van der Waals surface area contributed by atoms with E-state index in [1.807, 2.05) is 42.5 Å². The van der Waals surface area contributed by atoms with Crippen molar-refractivity contribution in [3.05, 3.63) is 58.4 Å². The van der Waals surface area contributed by atoms with Gasteiger partial charge in [-0.25, -0.2) is 0 Å². The zero-order chi connectivity index (χ0) is 21.7. The summed E-state index contributed by atoms with van der Waals surface area (Å²) in [7, 11) is 1.60. The van der Waals surface area contributed by atoms with Gasteiger partial charge in [0, 0.05) is 5.56 Å². The van der Waals surface area contributed by atoms with Gasteiger partial charge in [-0.1, -0.05) is 32.0 Å². The molecule has 0 atom stereocenters. The molecule has 3 aromatic rings. The van der Waals surface area contributed by atoms with Crippen molar-refractivity contribution in [2.75, 3.05) is 13.7 Å². The Bertz CT molecular complexity index is 1010. The monoisotopic (exact) mass is 473 g/mol. The number of rotatable bonds is 7. The first-order valence-electron chi connectivity index (χ1n) is 9.43. The number of ether oxygens (including phenoxy) is 2. The van der Waals surface area contributed by atoms with Crippen molar-refractivity contribution in [1.29, 1.82) is 0 Å². The lowest BCUT2D eigenvalue weighted by molar-refractivity contribution is -0.123. The summed E-state index contributed by atoms with van der Waals surface area (Å²) in [5, 5.41) is 6.65. The molecule has 7 nitrogen and oxygen atoms in total.